The number of hydrogen-bond acceptors (Lipinski definition) is 6. The molecular formula is C11H15NO6S2. The van der Waals surface area contributed by atoms with E-state index in [-0.39, 0.29) is 22.7 Å². The third-order valence-electron chi connectivity index (χ3n) is 2.57. The number of nitrogens with zero attached hydrogens (tertiary/aromatic N) is 1. The summed E-state index contributed by atoms with van der Waals surface area (Å²) in [5, 5.41) is 10.1. The highest BCUT2D eigenvalue weighted by molar-refractivity contribution is 7.91. The molecule has 7 nitrogen and oxygen atoms in total. The predicted molar refractivity (Wildman–Crippen MR) is 72.3 cm³/mol. The number of hydrogen-bond donors (Lipinski definition) is 1. The molecule has 1 aromatic heterocycles. The Bertz CT molecular complexity index is 592. The number of aromatic carboxylic acids is 1. The molecule has 1 rings (SSSR count). The van der Waals surface area contributed by atoms with Crippen molar-refractivity contribution >= 4 is 33.3 Å². The Balaban J connectivity index is 2.71. The number of carbonyl (C=O) groups is 2. The number of carbonyl (C=O) groups excluding carboxylic acids is 1. The summed E-state index contributed by atoms with van der Waals surface area (Å²) in [6.45, 7) is 0.151. The molecule has 0 amide bonds. The van der Waals surface area contributed by atoms with Crippen molar-refractivity contribution in [1.82, 2.24) is 4.31 Å². The van der Waals surface area contributed by atoms with Gasteiger partial charge in [-0.3, -0.25) is 4.79 Å². The van der Waals surface area contributed by atoms with Crippen LogP contribution in [0.15, 0.2) is 15.7 Å². The number of esters is 1. The van der Waals surface area contributed by atoms with E-state index in [1.807, 2.05) is 0 Å². The van der Waals surface area contributed by atoms with Crippen molar-refractivity contribution in [3.63, 3.8) is 0 Å². The summed E-state index contributed by atoms with van der Waals surface area (Å²) in [5.41, 5.74) is -0.0588. The fourth-order valence-electron chi connectivity index (χ4n) is 1.39. The molecule has 0 radical (unpaired) electrons. The number of methoxy groups -OCH3 is 1. The van der Waals surface area contributed by atoms with Crippen molar-refractivity contribution in [2.45, 2.75) is 17.1 Å². The summed E-state index contributed by atoms with van der Waals surface area (Å²) in [6, 6.07) is 1.12. The summed E-state index contributed by atoms with van der Waals surface area (Å²) in [5.74, 6) is -1.57. The second-order valence-electron chi connectivity index (χ2n) is 3.97. The van der Waals surface area contributed by atoms with Crippen LogP contribution in [-0.4, -0.2) is 50.5 Å². The zero-order valence-electron chi connectivity index (χ0n) is 11.0. The first-order chi connectivity index (χ1) is 9.28. The van der Waals surface area contributed by atoms with Gasteiger partial charge in [0.05, 0.1) is 12.7 Å². The van der Waals surface area contributed by atoms with Gasteiger partial charge >= 0.3 is 11.9 Å². The van der Waals surface area contributed by atoms with Gasteiger partial charge in [-0.15, -0.1) is 11.3 Å². The molecular weight excluding hydrogens is 306 g/mol. The Morgan fingerprint density at radius 2 is 2.10 bits per heavy atom. The van der Waals surface area contributed by atoms with Crippen molar-refractivity contribution in [3.05, 3.63) is 17.0 Å². The van der Waals surface area contributed by atoms with E-state index in [2.05, 4.69) is 4.74 Å². The maximum atomic E-state index is 12.1. The molecule has 0 atom stereocenters. The molecule has 0 aliphatic heterocycles. The highest BCUT2D eigenvalue weighted by Crippen LogP contribution is 2.23. The summed E-state index contributed by atoms with van der Waals surface area (Å²) < 4.78 is 29.8. The molecule has 0 unspecified atom stereocenters. The molecule has 9 heteroatoms. The van der Waals surface area contributed by atoms with Gasteiger partial charge < -0.3 is 9.84 Å². The first kappa shape index (κ1) is 16.6. The predicted octanol–water partition coefficient (Wildman–Crippen LogP) is 1.02. The lowest BCUT2D eigenvalue weighted by Gasteiger charge is -2.15. The Kier molecular flexibility index (Phi) is 5.66. The van der Waals surface area contributed by atoms with Crippen molar-refractivity contribution in [1.29, 1.82) is 0 Å². The minimum absolute atomic E-state index is 0.0320. The number of ether oxygens (including phenoxy) is 1. The fourth-order valence-corrected chi connectivity index (χ4v) is 3.96. The van der Waals surface area contributed by atoms with Crippen LogP contribution in [0.1, 0.15) is 23.2 Å². The highest BCUT2D eigenvalue weighted by atomic mass is 32.2. The maximum Gasteiger partial charge on any atom is 0.336 e. The summed E-state index contributed by atoms with van der Waals surface area (Å²) >= 11 is 0.855. The van der Waals surface area contributed by atoms with Crippen molar-refractivity contribution < 1.29 is 27.9 Å². The van der Waals surface area contributed by atoms with Crippen molar-refractivity contribution in [3.8, 4) is 0 Å². The molecule has 0 bridgehead atoms. The van der Waals surface area contributed by atoms with E-state index in [1.165, 1.54) is 19.5 Å². The minimum atomic E-state index is -3.72. The lowest BCUT2D eigenvalue weighted by Crippen LogP contribution is -2.27. The Morgan fingerprint density at radius 3 is 2.60 bits per heavy atom. The van der Waals surface area contributed by atoms with Crippen LogP contribution >= 0.6 is 11.3 Å². The second-order valence-corrected chi connectivity index (χ2v) is 7.15. The number of sulfonamides is 1. The van der Waals surface area contributed by atoms with Crippen LogP contribution in [0.2, 0.25) is 0 Å². The van der Waals surface area contributed by atoms with Gasteiger partial charge in [-0.2, -0.15) is 0 Å². The van der Waals surface area contributed by atoms with E-state index in [4.69, 9.17) is 5.11 Å². The standard InChI is InChI=1S/C11H15NO6S2/c1-12(5-3-4-9(13)18-2)20(16,17)10-6-8(7-19-10)11(14)15/h6-7H,3-5H2,1-2H3,(H,14,15). The fraction of sp³-hybridized carbons (Fsp3) is 0.455. The van der Waals surface area contributed by atoms with Gasteiger partial charge in [-0.25, -0.2) is 17.5 Å². The van der Waals surface area contributed by atoms with Gasteiger partial charge in [0, 0.05) is 25.4 Å². The molecule has 0 fully saturated rings. The number of carboxylic acids is 1. The smallest absolute Gasteiger partial charge is 0.336 e. The third kappa shape index (κ3) is 4.02. The van der Waals surface area contributed by atoms with E-state index in [1.54, 1.807) is 0 Å². The van der Waals surface area contributed by atoms with Crippen LogP contribution in [0.4, 0.5) is 0 Å². The molecule has 1 aromatic rings. The first-order valence-corrected chi connectivity index (χ1v) is 7.96. The SMILES string of the molecule is COC(=O)CCCN(C)S(=O)(=O)c1cc(C(=O)O)cs1. The largest absolute Gasteiger partial charge is 0.478 e. The lowest BCUT2D eigenvalue weighted by atomic mass is 10.3. The molecule has 1 N–H and O–H groups in total. The van der Waals surface area contributed by atoms with Gasteiger partial charge in [-0.1, -0.05) is 0 Å². The van der Waals surface area contributed by atoms with Crippen LogP contribution in [0.5, 0.6) is 0 Å². The zero-order valence-corrected chi connectivity index (χ0v) is 12.7. The van der Waals surface area contributed by atoms with Gasteiger partial charge in [-0.05, 0) is 12.5 Å². The topological polar surface area (TPSA) is 101 Å². The highest BCUT2D eigenvalue weighted by Gasteiger charge is 2.23. The molecule has 112 valence electrons. The first-order valence-electron chi connectivity index (χ1n) is 5.64. The summed E-state index contributed by atoms with van der Waals surface area (Å²) in [6.07, 6.45) is 0.459. The van der Waals surface area contributed by atoms with Gasteiger partial charge in [0.15, 0.2) is 0 Å². The normalized spacial score (nSPS) is 11.6. The summed E-state index contributed by atoms with van der Waals surface area (Å²) in [7, 11) is -1.07. The van der Waals surface area contributed by atoms with E-state index >= 15 is 0 Å². The lowest BCUT2D eigenvalue weighted by molar-refractivity contribution is -0.140. The van der Waals surface area contributed by atoms with E-state index < -0.39 is 22.0 Å². The molecule has 0 aliphatic rings. The van der Waals surface area contributed by atoms with Crippen LogP contribution in [0.25, 0.3) is 0 Å². The number of carboxylic acid groups (broad SMARTS) is 1. The minimum Gasteiger partial charge on any atom is -0.478 e. The molecule has 0 saturated heterocycles. The number of thiophene rings is 1. The zero-order chi connectivity index (χ0) is 15.3. The molecule has 1 heterocycles. The Hall–Kier alpha value is -1.45. The van der Waals surface area contributed by atoms with E-state index in [0.717, 1.165) is 21.7 Å². The van der Waals surface area contributed by atoms with E-state index in [9.17, 15) is 18.0 Å². The Labute approximate surface area is 120 Å². The maximum absolute atomic E-state index is 12.1. The van der Waals surface area contributed by atoms with Gasteiger partial charge in [0.2, 0.25) is 0 Å². The van der Waals surface area contributed by atoms with Gasteiger partial charge in [0.25, 0.3) is 10.0 Å². The van der Waals surface area contributed by atoms with Gasteiger partial charge in [0.1, 0.15) is 4.21 Å². The monoisotopic (exact) mass is 321 g/mol. The van der Waals surface area contributed by atoms with Crippen molar-refractivity contribution in [2.75, 3.05) is 20.7 Å². The molecule has 0 aliphatic carbocycles. The quantitative estimate of drug-likeness (QED) is 0.752. The van der Waals surface area contributed by atoms with Crippen LogP contribution in [-0.2, 0) is 19.6 Å². The average molecular weight is 321 g/mol. The molecule has 0 spiro atoms. The van der Waals surface area contributed by atoms with Crippen LogP contribution in [0, 0.1) is 0 Å². The third-order valence-corrected chi connectivity index (χ3v) is 5.84. The molecule has 0 aromatic carbocycles. The van der Waals surface area contributed by atoms with E-state index in [0.29, 0.717) is 6.42 Å². The van der Waals surface area contributed by atoms with Crippen LogP contribution < -0.4 is 0 Å². The summed E-state index contributed by atoms with van der Waals surface area (Å²) in [4.78, 5) is 21.7. The Morgan fingerprint density at radius 1 is 1.45 bits per heavy atom. The van der Waals surface area contributed by atoms with Crippen LogP contribution in [0.3, 0.4) is 0 Å². The molecule has 0 saturated carbocycles. The number of rotatable bonds is 7. The molecule has 20 heavy (non-hydrogen) atoms. The second kappa shape index (κ2) is 6.82. The average Bonchev–Trinajstić information content (AvgIpc) is 2.88. The van der Waals surface area contributed by atoms with Crippen molar-refractivity contribution in [2.24, 2.45) is 0 Å².